The minimum atomic E-state index is -4.44. The number of nitrogens with one attached hydrogen (secondary N) is 1. The Morgan fingerprint density at radius 2 is 1.45 bits per heavy atom. The van der Waals surface area contributed by atoms with Gasteiger partial charge in [0.15, 0.2) is 12.0 Å². The maximum absolute atomic E-state index is 12.2. The average Bonchev–Trinajstić information content (AvgIpc) is 3.25. The van der Waals surface area contributed by atoms with Crippen LogP contribution >= 0.6 is 7.82 Å². The highest BCUT2D eigenvalue weighted by molar-refractivity contribution is 7.47. The van der Waals surface area contributed by atoms with Gasteiger partial charge in [-0.1, -0.05) is 90.4 Å². The summed E-state index contributed by atoms with van der Waals surface area (Å²) in [6.07, 6.45) is 14.3. The largest absolute Gasteiger partial charge is 0.472 e. The first-order valence-corrected chi connectivity index (χ1v) is 17.0. The summed E-state index contributed by atoms with van der Waals surface area (Å²) < 4.78 is 34.0. The minimum Gasteiger partial charge on any atom is -0.387 e. The number of anilines is 1. The molecule has 0 spiro atoms. The van der Waals surface area contributed by atoms with Crippen LogP contribution in [0, 0.1) is 0 Å². The van der Waals surface area contributed by atoms with Crippen LogP contribution in [0.4, 0.5) is 5.82 Å². The van der Waals surface area contributed by atoms with Gasteiger partial charge in [-0.25, -0.2) is 9.36 Å². The zero-order valence-electron chi connectivity index (χ0n) is 25.0. The molecule has 0 aliphatic carbocycles. The van der Waals surface area contributed by atoms with Crippen molar-refractivity contribution in [3.63, 3.8) is 0 Å². The minimum absolute atomic E-state index is 0.0574. The lowest BCUT2D eigenvalue weighted by atomic mass is 10.0. The van der Waals surface area contributed by atoms with Crippen molar-refractivity contribution in [3.05, 3.63) is 22.7 Å². The number of phosphoric acid groups is 1. The number of nitrogens with zero attached hydrogens (tertiary/aromatic N) is 2. The Hall–Kier alpha value is -1.41. The van der Waals surface area contributed by atoms with Crippen molar-refractivity contribution in [2.24, 2.45) is 0 Å². The van der Waals surface area contributed by atoms with Crippen LogP contribution in [-0.2, 0) is 23.1 Å². The first kappa shape index (κ1) is 36.8. The van der Waals surface area contributed by atoms with Crippen LogP contribution in [0.5, 0.6) is 0 Å². The van der Waals surface area contributed by atoms with Gasteiger partial charge in [-0.15, -0.1) is 0 Å². The lowest BCUT2D eigenvalue weighted by Crippen LogP contribution is -2.36. The fraction of sp³-hybridized carbons (Fsp3) is 0.857. The molecule has 0 aromatic carbocycles. The maximum Gasteiger partial charge on any atom is 0.472 e. The molecule has 244 valence electrons. The van der Waals surface area contributed by atoms with Crippen molar-refractivity contribution in [3.8, 4) is 0 Å². The molecule has 0 bridgehead atoms. The highest BCUT2D eigenvalue weighted by atomic mass is 31.2. The molecule has 1 aromatic rings. The fourth-order valence-electron chi connectivity index (χ4n) is 4.81. The molecular formula is C28H52N3O10P. The van der Waals surface area contributed by atoms with Crippen molar-refractivity contribution in [1.29, 1.82) is 0 Å². The summed E-state index contributed by atoms with van der Waals surface area (Å²) in [5.74, 6) is -0.109. The van der Waals surface area contributed by atoms with Crippen molar-refractivity contribution >= 4 is 13.6 Å². The number of aromatic nitrogens is 2. The Balaban J connectivity index is 1.46. The first-order valence-electron chi connectivity index (χ1n) is 15.5. The Morgan fingerprint density at radius 1 is 0.881 bits per heavy atom. The van der Waals surface area contributed by atoms with E-state index in [2.05, 4.69) is 11.9 Å². The zero-order valence-corrected chi connectivity index (χ0v) is 25.9. The van der Waals surface area contributed by atoms with Gasteiger partial charge in [-0.2, -0.15) is 4.98 Å². The number of unbranched alkanes of at least 4 members (excludes halogenated alkanes) is 13. The van der Waals surface area contributed by atoms with E-state index in [1.807, 2.05) is 0 Å². The number of hydrogen-bond donors (Lipinski definition) is 5. The zero-order chi connectivity index (χ0) is 30.6. The second-order valence-corrected chi connectivity index (χ2v) is 12.3. The van der Waals surface area contributed by atoms with Crippen LogP contribution in [-0.4, -0.2) is 74.6 Å². The summed E-state index contributed by atoms with van der Waals surface area (Å²) in [6, 6.07) is 1.26. The maximum atomic E-state index is 12.2. The SMILES string of the molecule is CCCCCCCCCCCCCCCCOCCCOP(=O)(O)OC[C@H]1O[C@@H](n2ccc(NO)nc2=O)C(O)[C@H]1O. The molecule has 5 N–H and O–H groups in total. The number of aliphatic hydroxyl groups excluding tert-OH is 2. The van der Waals surface area contributed by atoms with Gasteiger partial charge in [0.2, 0.25) is 0 Å². The van der Waals surface area contributed by atoms with E-state index in [4.69, 9.17) is 23.7 Å². The number of hydrogen-bond acceptors (Lipinski definition) is 11. The second kappa shape index (κ2) is 21.3. The van der Waals surface area contributed by atoms with Crippen molar-refractivity contribution in [1.82, 2.24) is 9.55 Å². The van der Waals surface area contributed by atoms with Gasteiger partial charge < -0.3 is 24.6 Å². The quantitative estimate of drug-likeness (QED) is 0.0578. The molecule has 2 rings (SSSR count). The topological polar surface area (TPSA) is 182 Å². The lowest BCUT2D eigenvalue weighted by Gasteiger charge is -2.18. The normalized spacial score (nSPS) is 21.9. The highest BCUT2D eigenvalue weighted by Crippen LogP contribution is 2.44. The second-order valence-electron chi connectivity index (χ2n) is 10.8. The molecule has 0 amide bonds. The molecular weight excluding hydrogens is 569 g/mol. The molecule has 2 unspecified atom stereocenters. The third-order valence-electron chi connectivity index (χ3n) is 7.29. The predicted octanol–water partition coefficient (Wildman–Crippen LogP) is 4.69. The van der Waals surface area contributed by atoms with Crippen LogP contribution in [0.25, 0.3) is 0 Å². The molecule has 5 atom stereocenters. The Morgan fingerprint density at radius 3 is 2.02 bits per heavy atom. The van der Waals surface area contributed by atoms with Gasteiger partial charge in [-0.3, -0.25) is 24.3 Å². The molecule has 0 saturated carbocycles. The summed E-state index contributed by atoms with van der Waals surface area (Å²) in [7, 11) is -4.44. The summed E-state index contributed by atoms with van der Waals surface area (Å²) in [5, 5.41) is 29.4. The van der Waals surface area contributed by atoms with Gasteiger partial charge in [0.05, 0.1) is 13.2 Å². The van der Waals surface area contributed by atoms with Crippen LogP contribution in [0.3, 0.4) is 0 Å². The number of phosphoric ester groups is 1. The van der Waals surface area contributed by atoms with E-state index < -0.39 is 44.7 Å². The molecule has 1 aliphatic heterocycles. The van der Waals surface area contributed by atoms with Crippen LogP contribution < -0.4 is 11.2 Å². The van der Waals surface area contributed by atoms with E-state index in [0.29, 0.717) is 19.6 Å². The van der Waals surface area contributed by atoms with E-state index in [0.717, 1.165) is 17.4 Å². The van der Waals surface area contributed by atoms with E-state index in [9.17, 15) is 24.5 Å². The molecule has 13 nitrogen and oxygen atoms in total. The summed E-state index contributed by atoms with van der Waals surface area (Å²) in [5.41, 5.74) is 0.874. The number of ether oxygens (including phenoxy) is 2. The van der Waals surface area contributed by atoms with Gasteiger partial charge in [0.25, 0.3) is 0 Å². The molecule has 1 aliphatic rings. The van der Waals surface area contributed by atoms with Crippen molar-refractivity contribution < 1.29 is 43.4 Å². The summed E-state index contributed by atoms with van der Waals surface area (Å²) in [6.45, 7) is 2.67. The molecule has 42 heavy (non-hydrogen) atoms. The smallest absolute Gasteiger partial charge is 0.387 e. The lowest BCUT2D eigenvalue weighted by molar-refractivity contribution is -0.0552. The third kappa shape index (κ3) is 14.4. The fourth-order valence-corrected chi connectivity index (χ4v) is 5.58. The monoisotopic (exact) mass is 621 g/mol. The van der Waals surface area contributed by atoms with E-state index in [1.54, 1.807) is 5.48 Å². The van der Waals surface area contributed by atoms with E-state index in [-0.39, 0.29) is 12.4 Å². The number of aliphatic hydroxyl groups is 2. The molecule has 14 heteroatoms. The van der Waals surface area contributed by atoms with Crippen LogP contribution in [0.1, 0.15) is 109 Å². The van der Waals surface area contributed by atoms with Crippen LogP contribution in [0.2, 0.25) is 0 Å². The predicted molar refractivity (Wildman–Crippen MR) is 157 cm³/mol. The van der Waals surface area contributed by atoms with Gasteiger partial charge in [0.1, 0.15) is 18.3 Å². The molecule has 2 heterocycles. The molecule has 0 radical (unpaired) electrons. The molecule has 1 aromatic heterocycles. The third-order valence-corrected chi connectivity index (χ3v) is 8.27. The molecule has 1 saturated heterocycles. The Labute approximate surface area is 249 Å². The van der Waals surface area contributed by atoms with Crippen LogP contribution in [0.15, 0.2) is 17.1 Å². The van der Waals surface area contributed by atoms with E-state index in [1.165, 1.54) is 89.3 Å². The Bertz CT molecular complexity index is 953. The van der Waals surface area contributed by atoms with Crippen molar-refractivity contribution in [2.75, 3.05) is 31.9 Å². The number of rotatable bonds is 25. The summed E-state index contributed by atoms with van der Waals surface area (Å²) >= 11 is 0. The molecule has 1 fully saturated rings. The van der Waals surface area contributed by atoms with Gasteiger partial charge in [-0.05, 0) is 18.9 Å². The average molecular weight is 622 g/mol. The van der Waals surface area contributed by atoms with E-state index >= 15 is 0 Å². The summed E-state index contributed by atoms with van der Waals surface area (Å²) in [4.78, 5) is 25.6. The highest BCUT2D eigenvalue weighted by Gasteiger charge is 2.45. The van der Waals surface area contributed by atoms with Crippen molar-refractivity contribution in [2.45, 2.75) is 128 Å². The Kier molecular flexibility index (Phi) is 18.7. The van der Waals surface area contributed by atoms with Gasteiger partial charge >= 0.3 is 13.5 Å². The first-order chi connectivity index (χ1) is 20.3. The van der Waals surface area contributed by atoms with Gasteiger partial charge in [0, 0.05) is 19.4 Å². The standard InChI is InChI=1S/C28H52N3O10P/c1-2-3-4-5-6-7-8-9-10-11-12-13-14-15-19-38-20-16-21-39-42(36,37)40-22-23-25(32)26(33)27(41-23)31-18-17-24(30-35)29-28(31)34/h17-18,23,25-27,32-33,35H,2-16,19-22H2,1H3,(H,36,37)(H,29,30,34)/t23-,25+,26?,27-/m1/s1.